The molecular formula is C35H25ClO4Se2. The fourth-order valence-corrected chi connectivity index (χ4v) is 12.2. The molecule has 42 heavy (non-hydrogen) atoms. The van der Waals surface area contributed by atoms with E-state index < -0.39 is 24.0 Å². The van der Waals surface area contributed by atoms with Crippen LogP contribution in [0.15, 0.2) is 157 Å². The van der Waals surface area contributed by atoms with Gasteiger partial charge in [-0.2, -0.15) is 0 Å². The summed E-state index contributed by atoms with van der Waals surface area (Å²) in [5, 5.41) is 0. The van der Waals surface area contributed by atoms with E-state index in [2.05, 4.69) is 60.7 Å². The van der Waals surface area contributed by atoms with Crippen LogP contribution in [-0.4, -0.2) is 33.2 Å². The van der Waals surface area contributed by atoms with Crippen LogP contribution < -0.4 is 18.4 Å². The molecule has 0 aromatic heterocycles. The summed E-state index contributed by atoms with van der Waals surface area (Å²) in [6.07, 6.45) is 12.3. The quantitative estimate of drug-likeness (QED) is 0.277. The predicted octanol–water partition coefficient (Wildman–Crippen LogP) is 3.28. The molecular weight excluding hydrogens is 678 g/mol. The molecule has 2 heterocycles. The molecule has 4 aromatic rings. The Kier molecular flexibility index (Phi) is 8.80. The van der Waals surface area contributed by atoms with Crippen LogP contribution in [0.5, 0.6) is 0 Å². The number of hydrogen-bond acceptors (Lipinski definition) is 4. The monoisotopic (exact) mass is 704 g/mol. The zero-order chi connectivity index (χ0) is 28.9. The molecule has 208 valence electrons. The van der Waals surface area contributed by atoms with Gasteiger partial charge < -0.3 is 0 Å². The zero-order valence-electron chi connectivity index (χ0n) is 22.3. The molecule has 4 nitrogen and oxygen atoms in total. The number of fused-ring (bicyclic) bond motifs is 1. The predicted molar refractivity (Wildman–Crippen MR) is 163 cm³/mol. The Labute approximate surface area is 258 Å². The molecule has 0 spiro atoms. The Morgan fingerprint density at radius 3 is 1.90 bits per heavy atom. The van der Waals surface area contributed by atoms with Crippen molar-refractivity contribution in [2.75, 3.05) is 0 Å². The molecule has 1 atom stereocenters. The summed E-state index contributed by atoms with van der Waals surface area (Å²) in [6, 6.07) is 38.0. The van der Waals surface area contributed by atoms with Crippen molar-refractivity contribution in [3.8, 4) is 0 Å². The van der Waals surface area contributed by atoms with E-state index in [-0.39, 0.29) is 15.0 Å². The van der Waals surface area contributed by atoms with Gasteiger partial charge in [-0.1, -0.05) is 0 Å². The Balaban J connectivity index is 1.44. The van der Waals surface area contributed by atoms with Crippen molar-refractivity contribution in [3.05, 3.63) is 180 Å². The first-order valence-electron chi connectivity index (χ1n) is 13.1. The van der Waals surface area contributed by atoms with Gasteiger partial charge in [0.25, 0.3) is 0 Å². The molecule has 1 unspecified atom stereocenters. The Bertz CT molecular complexity index is 1780. The van der Waals surface area contributed by atoms with Crippen molar-refractivity contribution < 1.29 is 27.6 Å². The van der Waals surface area contributed by atoms with Crippen LogP contribution in [-0.2, 0) is 3.37 Å². The third-order valence-electron chi connectivity index (χ3n) is 6.58. The first-order valence-corrected chi connectivity index (χ1v) is 18.5. The molecule has 0 bridgehead atoms. The van der Waals surface area contributed by atoms with Crippen LogP contribution in [0.4, 0.5) is 0 Å². The van der Waals surface area contributed by atoms with Gasteiger partial charge >= 0.3 is 259 Å². The van der Waals surface area contributed by atoms with Crippen molar-refractivity contribution in [1.29, 1.82) is 0 Å². The molecule has 0 radical (unpaired) electrons. The summed E-state index contributed by atoms with van der Waals surface area (Å²) in [4.78, 5) is 0. The maximum absolute atomic E-state index is 11.9. The van der Waals surface area contributed by atoms with E-state index >= 15 is 0 Å². The van der Waals surface area contributed by atoms with Crippen LogP contribution in [0.25, 0.3) is 14.5 Å². The van der Waals surface area contributed by atoms with E-state index in [0.717, 1.165) is 22.3 Å². The molecule has 7 heteroatoms. The first-order chi connectivity index (χ1) is 20.4. The molecule has 2 aliphatic rings. The Morgan fingerprint density at radius 2 is 1.24 bits per heavy atom. The van der Waals surface area contributed by atoms with Gasteiger partial charge in [0.2, 0.25) is 0 Å². The number of allylic oxidation sites excluding steroid dienone is 8. The third kappa shape index (κ3) is 6.81. The molecule has 0 saturated carbocycles. The second kappa shape index (κ2) is 12.9. The van der Waals surface area contributed by atoms with Crippen molar-refractivity contribution in [3.63, 3.8) is 0 Å². The van der Waals surface area contributed by atoms with Gasteiger partial charge in [0.1, 0.15) is 0 Å². The molecule has 0 fully saturated rings. The van der Waals surface area contributed by atoms with Crippen molar-refractivity contribution in [2.45, 2.75) is 0 Å². The van der Waals surface area contributed by atoms with Gasteiger partial charge in [0, 0.05) is 0 Å². The van der Waals surface area contributed by atoms with Crippen molar-refractivity contribution >= 4 is 52.1 Å². The summed E-state index contributed by atoms with van der Waals surface area (Å²) in [6.45, 7) is 0. The number of hydrogen-bond donors (Lipinski definition) is 0. The zero-order valence-corrected chi connectivity index (χ0v) is 26.4. The average molecular weight is 703 g/mol. The maximum atomic E-state index is 11.9. The van der Waals surface area contributed by atoms with Crippen LogP contribution in [0.3, 0.4) is 0 Å². The van der Waals surface area contributed by atoms with Gasteiger partial charge in [-0.3, -0.25) is 0 Å². The molecule has 2 aliphatic heterocycles. The van der Waals surface area contributed by atoms with Crippen LogP contribution in [0.2, 0.25) is 0 Å². The summed E-state index contributed by atoms with van der Waals surface area (Å²) in [5.41, 5.74) is 6.13. The fourth-order valence-electron chi connectivity index (χ4n) is 4.70. The van der Waals surface area contributed by atoms with E-state index in [1.807, 2.05) is 91.0 Å². The van der Waals surface area contributed by atoms with Crippen LogP contribution in [0, 0.1) is 10.2 Å². The summed E-state index contributed by atoms with van der Waals surface area (Å²) in [7, 11) is -4.62. The average Bonchev–Trinajstić information content (AvgIpc) is 3.02. The topological polar surface area (TPSA) is 78.4 Å². The van der Waals surface area contributed by atoms with E-state index in [0.29, 0.717) is 8.89 Å². The molecule has 4 aromatic carbocycles. The number of halogens is 1. The van der Waals surface area contributed by atoms with Gasteiger partial charge in [0.05, 0.1) is 0 Å². The minimum atomic E-state index is -4.62. The SMILES string of the molecule is [O-][Cl+3]([O-])([O-])O[Se]1=C(c2ccccc2)C=C(/C=C/C=C2/C=C(c3ccccc3)[Se]c3ccccc32)C=C1c1ccccc1. The van der Waals surface area contributed by atoms with Crippen LogP contribution >= 0.6 is 0 Å². The van der Waals surface area contributed by atoms with E-state index in [1.165, 1.54) is 20.1 Å². The summed E-state index contributed by atoms with van der Waals surface area (Å²) in [5.74, 6) is 0. The third-order valence-corrected chi connectivity index (χ3v) is 14.2. The Morgan fingerprint density at radius 1 is 0.643 bits per heavy atom. The fraction of sp³-hybridized carbons (Fsp3) is 0. The second-order valence-electron chi connectivity index (χ2n) is 9.41. The summed E-state index contributed by atoms with van der Waals surface area (Å²) < 4.78 is 44.9. The van der Waals surface area contributed by atoms with Crippen molar-refractivity contribution in [1.82, 2.24) is 0 Å². The molecule has 0 saturated heterocycles. The minimum absolute atomic E-state index is 0.207. The molecule has 0 amide bonds. The van der Waals surface area contributed by atoms with E-state index in [1.54, 1.807) is 0 Å². The van der Waals surface area contributed by atoms with Gasteiger partial charge in [-0.15, -0.1) is 0 Å². The second-order valence-corrected chi connectivity index (χ2v) is 16.3. The molecule has 0 aliphatic carbocycles. The van der Waals surface area contributed by atoms with E-state index in [9.17, 15) is 14.0 Å². The van der Waals surface area contributed by atoms with Gasteiger partial charge in [0.15, 0.2) is 0 Å². The van der Waals surface area contributed by atoms with Gasteiger partial charge in [-0.25, -0.2) is 0 Å². The standard InChI is InChI=1S/C35H25ClO4Se2/c37-36(38,39)40-42-34(28-16-6-2-7-17-28)23-26(24-35(42)29-18-8-3-9-19-29)13-12-20-30-25-33(27-14-4-1-5-15-27)41-32-22-11-10-21-31(30)32/h1-25H/b13-12+,30-20-. The first kappa shape index (κ1) is 28.7. The van der Waals surface area contributed by atoms with Gasteiger partial charge in [-0.05, 0) is 0 Å². The normalized spacial score (nSPS) is 18.0. The number of benzene rings is 4. The van der Waals surface area contributed by atoms with Crippen molar-refractivity contribution in [2.24, 2.45) is 0 Å². The Hall–Kier alpha value is -3.38. The summed E-state index contributed by atoms with van der Waals surface area (Å²) >= 11 is -2.50. The van der Waals surface area contributed by atoms with E-state index in [4.69, 9.17) is 3.37 Å². The number of rotatable bonds is 7. The molecule has 0 N–H and O–H groups in total. The molecule has 6 rings (SSSR count). The van der Waals surface area contributed by atoms with Crippen LogP contribution in [0.1, 0.15) is 22.3 Å².